The van der Waals surface area contributed by atoms with Gasteiger partial charge in [0, 0.05) is 37.6 Å². The van der Waals surface area contributed by atoms with Gasteiger partial charge in [0.2, 0.25) is 11.4 Å². The summed E-state index contributed by atoms with van der Waals surface area (Å²) in [5.74, 6) is 0. The second kappa shape index (κ2) is 5.71. The standard InChI is InChI=1S/C23H21N2O/c1-13-10-11-19(25(6)16(13)4)21-15(3)12-14(2)20-17-8-7-9-18(24-5)22(17)26-23(20)21/h7-12H,1-4,6H3/q+1/i1D3,2D3. The Bertz CT molecular complexity index is 1440. The fraction of sp³-hybridized carbons (Fsp3) is 0.217. The molecule has 0 bridgehead atoms. The van der Waals surface area contributed by atoms with Crippen molar-refractivity contribution in [3.05, 3.63) is 70.2 Å². The molecule has 128 valence electrons. The zero-order chi connectivity index (χ0) is 23.6. The minimum atomic E-state index is -2.38. The molecule has 4 aromatic rings. The lowest BCUT2D eigenvalue weighted by Gasteiger charge is -2.10. The molecule has 3 heteroatoms. The molecule has 0 N–H and O–H groups in total. The fourth-order valence-corrected chi connectivity index (χ4v) is 3.50. The van der Waals surface area contributed by atoms with Gasteiger partial charge < -0.3 is 4.42 Å². The van der Waals surface area contributed by atoms with Crippen LogP contribution >= 0.6 is 0 Å². The number of hydrogen-bond acceptors (Lipinski definition) is 1. The van der Waals surface area contributed by atoms with E-state index in [1.54, 1.807) is 61.9 Å². The van der Waals surface area contributed by atoms with Crippen LogP contribution in [0.3, 0.4) is 0 Å². The summed E-state index contributed by atoms with van der Waals surface area (Å²) >= 11 is 0. The number of nitrogens with zero attached hydrogens (tertiary/aromatic N) is 2. The number of rotatable bonds is 1. The van der Waals surface area contributed by atoms with E-state index in [9.17, 15) is 0 Å². The maximum atomic E-state index is 8.08. The first-order valence-electron chi connectivity index (χ1n) is 11.2. The zero-order valence-corrected chi connectivity index (χ0v) is 14.8. The molecule has 0 aliphatic heterocycles. The lowest BCUT2D eigenvalue weighted by atomic mass is 9.96. The summed E-state index contributed by atoms with van der Waals surface area (Å²) in [6, 6.07) is 10.0. The van der Waals surface area contributed by atoms with Gasteiger partial charge in [-0.2, -0.15) is 4.57 Å². The van der Waals surface area contributed by atoms with E-state index in [1.807, 2.05) is 0 Å². The molecule has 2 heterocycles. The smallest absolute Gasteiger partial charge is 0.229 e. The highest BCUT2D eigenvalue weighted by Crippen LogP contribution is 2.41. The van der Waals surface area contributed by atoms with Crippen LogP contribution in [0, 0.1) is 34.1 Å². The van der Waals surface area contributed by atoms with Crippen LogP contribution in [0.1, 0.15) is 30.6 Å². The summed E-state index contributed by atoms with van der Waals surface area (Å²) in [5, 5.41) is 1.02. The second-order valence-electron chi connectivity index (χ2n) is 6.46. The van der Waals surface area contributed by atoms with E-state index in [2.05, 4.69) is 4.85 Å². The van der Waals surface area contributed by atoms with Gasteiger partial charge >= 0.3 is 0 Å². The van der Waals surface area contributed by atoms with E-state index in [4.69, 9.17) is 19.2 Å². The Morgan fingerprint density at radius 3 is 2.58 bits per heavy atom. The molecule has 0 fully saturated rings. The molecular formula is C23H21N2O+. The van der Waals surface area contributed by atoms with Crippen LogP contribution in [0.5, 0.6) is 0 Å². The third-order valence-electron chi connectivity index (χ3n) is 4.99. The third kappa shape index (κ3) is 2.16. The number of furan rings is 1. The van der Waals surface area contributed by atoms with E-state index in [0.29, 0.717) is 50.1 Å². The number of aryl methyl sites for hydroxylation is 3. The van der Waals surface area contributed by atoms with Crippen molar-refractivity contribution in [2.75, 3.05) is 0 Å². The van der Waals surface area contributed by atoms with Crippen molar-refractivity contribution in [3.63, 3.8) is 0 Å². The zero-order valence-electron chi connectivity index (χ0n) is 20.8. The van der Waals surface area contributed by atoms with Gasteiger partial charge in [-0.3, -0.25) is 0 Å². The molecule has 0 atom stereocenters. The molecular weight excluding hydrogens is 320 g/mol. The number of hydrogen-bond donors (Lipinski definition) is 0. The molecule has 2 aromatic heterocycles. The number of aromatic nitrogens is 1. The van der Waals surface area contributed by atoms with E-state index >= 15 is 0 Å². The summed E-state index contributed by atoms with van der Waals surface area (Å²) < 4.78 is 55.5. The predicted octanol–water partition coefficient (Wildman–Crippen LogP) is 5.86. The average Bonchev–Trinajstić information content (AvgIpc) is 3.07. The van der Waals surface area contributed by atoms with Gasteiger partial charge in [0.1, 0.15) is 18.2 Å². The first-order valence-corrected chi connectivity index (χ1v) is 8.23. The highest BCUT2D eigenvalue weighted by Gasteiger charge is 2.24. The van der Waals surface area contributed by atoms with E-state index in [-0.39, 0.29) is 11.1 Å². The monoisotopic (exact) mass is 347 g/mol. The van der Waals surface area contributed by atoms with Crippen molar-refractivity contribution in [2.24, 2.45) is 7.05 Å². The lowest BCUT2D eigenvalue weighted by molar-refractivity contribution is -0.667. The SMILES string of the molecule is [2H]C([2H])([2H])c1ccc(-c2c(C)cc(C([2H])([2H])[2H])c3c2oc2c([N+]#[C-])cccc23)[n+](C)c1C. The molecule has 26 heavy (non-hydrogen) atoms. The Morgan fingerprint density at radius 2 is 1.85 bits per heavy atom. The maximum absolute atomic E-state index is 8.08. The van der Waals surface area contributed by atoms with Crippen LogP contribution in [0.2, 0.25) is 0 Å². The first-order chi connectivity index (χ1) is 14.9. The normalized spacial score (nSPS) is 15.6. The molecule has 4 rings (SSSR count). The number of benzene rings is 2. The molecule has 0 saturated heterocycles. The van der Waals surface area contributed by atoms with Gasteiger partial charge in [-0.15, -0.1) is 0 Å². The Labute approximate surface area is 161 Å². The van der Waals surface area contributed by atoms with Gasteiger partial charge in [0.05, 0.1) is 12.1 Å². The Morgan fingerprint density at radius 1 is 1.04 bits per heavy atom. The van der Waals surface area contributed by atoms with E-state index < -0.39 is 13.7 Å². The summed E-state index contributed by atoms with van der Waals surface area (Å²) in [6.45, 7) is 6.39. The van der Waals surface area contributed by atoms with Crippen molar-refractivity contribution >= 4 is 27.6 Å². The van der Waals surface area contributed by atoms with Crippen LogP contribution in [-0.2, 0) is 7.05 Å². The van der Waals surface area contributed by atoms with Gasteiger partial charge in [-0.1, -0.05) is 24.3 Å². The minimum Gasteiger partial charge on any atom is -0.466 e. The van der Waals surface area contributed by atoms with Crippen molar-refractivity contribution in [2.45, 2.75) is 27.6 Å². The van der Waals surface area contributed by atoms with E-state index in [0.717, 1.165) is 0 Å². The van der Waals surface area contributed by atoms with Crippen LogP contribution in [-0.4, -0.2) is 0 Å². The molecule has 0 unspecified atom stereocenters. The van der Waals surface area contributed by atoms with Crippen LogP contribution in [0.4, 0.5) is 5.69 Å². The first kappa shape index (κ1) is 10.8. The predicted molar refractivity (Wildman–Crippen MR) is 106 cm³/mol. The van der Waals surface area contributed by atoms with Gasteiger partial charge in [-0.25, -0.2) is 4.85 Å². The van der Waals surface area contributed by atoms with Crippen LogP contribution in [0.15, 0.2) is 40.8 Å². The molecule has 0 saturated carbocycles. The van der Waals surface area contributed by atoms with E-state index in [1.165, 1.54) is 0 Å². The molecule has 0 aliphatic carbocycles. The highest BCUT2D eigenvalue weighted by molar-refractivity contribution is 6.14. The molecule has 0 radical (unpaired) electrons. The number of para-hydroxylation sites is 1. The van der Waals surface area contributed by atoms with Crippen molar-refractivity contribution in [1.82, 2.24) is 0 Å². The molecule has 0 spiro atoms. The van der Waals surface area contributed by atoms with Gasteiger partial charge in [-0.05, 0) is 37.8 Å². The van der Waals surface area contributed by atoms with Crippen molar-refractivity contribution in [1.29, 1.82) is 0 Å². The molecule has 0 aliphatic rings. The highest BCUT2D eigenvalue weighted by atomic mass is 16.3. The topological polar surface area (TPSA) is 21.4 Å². The van der Waals surface area contributed by atoms with Crippen LogP contribution in [0.25, 0.3) is 38.0 Å². The lowest BCUT2D eigenvalue weighted by Crippen LogP contribution is -2.35. The summed E-state index contributed by atoms with van der Waals surface area (Å²) in [5.41, 5.74) is 4.05. The number of fused-ring (bicyclic) bond motifs is 3. The van der Waals surface area contributed by atoms with Crippen molar-refractivity contribution < 1.29 is 17.2 Å². The Hall–Kier alpha value is -3.12. The summed E-state index contributed by atoms with van der Waals surface area (Å²) in [6.07, 6.45) is 0. The Kier molecular flexibility index (Phi) is 2.37. The average molecular weight is 347 g/mol. The number of pyridine rings is 1. The minimum absolute atomic E-state index is 0.160. The quantitative estimate of drug-likeness (QED) is 0.312. The largest absolute Gasteiger partial charge is 0.466 e. The molecule has 2 aromatic carbocycles. The van der Waals surface area contributed by atoms with Gasteiger partial charge in [0.15, 0.2) is 5.69 Å². The van der Waals surface area contributed by atoms with Crippen LogP contribution < -0.4 is 4.57 Å². The summed E-state index contributed by atoms with van der Waals surface area (Å²) in [7, 11) is 1.77. The third-order valence-corrected chi connectivity index (χ3v) is 4.99. The van der Waals surface area contributed by atoms with Gasteiger partial charge in [0.25, 0.3) is 0 Å². The Balaban J connectivity index is 2.19. The second-order valence-corrected chi connectivity index (χ2v) is 6.46. The van der Waals surface area contributed by atoms with Crippen molar-refractivity contribution in [3.8, 4) is 11.3 Å². The maximum Gasteiger partial charge on any atom is 0.229 e. The molecule has 0 amide bonds. The summed E-state index contributed by atoms with van der Waals surface area (Å²) in [4.78, 5) is 3.53. The fourth-order valence-electron chi connectivity index (χ4n) is 3.50. The molecule has 3 nitrogen and oxygen atoms in total.